The van der Waals surface area contributed by atoms with E-state index in [-0.39, 0.29) is 77.8 Å². The molecule has 1 aliphatic rings. The summed E-state index contributed by atoms with van der Waals surface area (Å²) in [5.74, 6) is -0.141. The molecule has 0 fully saturated rings. The SMILES string of the molecule is CC1CC=CCC1c1ccc(OCc2ccccc2)cc1OS(=O)(=O)C(F)(F)F.[CH3-].[Sm]. The van der Waals surface area contributed by atoms with E-state index in [9.17, 15) is 21.6 Å². The first-order valence-electron chi connectivity index (χ1n) is 9.14. The van der Waals surface area contributed by atoms with Gasteiger partial charge in [-0.05, 0) is 41.9 Å². The topological polar surface area (TPSA) is 52.6 Å². The molecule has 0 radical (unpaired) electrons. The van der Waals surface area contributed by atoms with Crippen LogP contribution in [0, 0.1) is 53.7 Å². The van der Waals surface area contributed by atoms with Crippen molar-refractivity contribution in [2.45, 2.75) is 37.8 Å². The Balaban J connectivity index is 0.00000240. The van der Waals surface area contributed by atoms with E-state index in [0.717, 1.165) is 12.0 Å². The van der Waals surface area contributed by atoms with Crippen LogP contribution in [-0.2, 0) is 16.7 Å². The van der Waals surface area contributed by atoms with Crippen molar-refractivity contribution < 1.29 is 70.9 Å². The molecule has 0 aromatic heterocycles. The van der Waals surface area contributed by atoms with Gasteiger partial charge in [0.2, 0.25) is 0 Å². The van der Waals surface area contributed by atoms with E-state index in [2.05, 4.69) is 4.18 Å². The van der Waals surface area contributed by atoms with Gasteiger partial charge in [0.25, 0.3) is 0 Å². The van der Waals surface area contributed by atoms with Crippen LogP contribution < -0.4 is 8.92 Å². The zero-order chi connectivity index (χ0) is 21.1. The van der Waals surface area contributed by atoms with Crippen LogP contribution in [0.25, 0.3) is 0 Å². The summed E-state index contributed by atoms with van der Waals surface area (Å²) in [6.07, 6.45) is 5.29. The minimum absolute atomic E-state index is 0. The molecule has 0 amide bonds. The number of halogens is 3. The van der Waals surface area contributed by atoms with Crippen LogP contribution in [0.15, 0.2) is 60.7 Å². The average molecular weight is 592 g/mol. The van der Waals surface area contributed by atoms with E-state index >= 15 is 0 Å². The van der Waals surface area contributed by atoms with Crippen LogP contribution in [0.1, 0.15) is 36.8 Å². The minimum Gasteiger partial charge on any atom is -0.489 e. The number of allylic oxidation sites excluding steroid dienone is 2. The molecule has 0 N–H and O–H groups in total. The van der Waals surface area contributed by atoms with Crippen LogP contribution >= 0.6 is 0 Å². The number of hydrogen-bond donors (Lipinski definition) is 0. The second kappa shape index (κ2) is 11.6. The maximum Gasteiger partial charge on any atom is 0.534 e. The van der Waals surface area contributed by atoms with Crippen molar-refractivity contribution in [3.63, 3.8) is 0 Å². The largest absolute Gasteiger partial charge is 0.534 e. The Morgan fingerprint density at radius 3 is 2.29 bits per heavy atom. The summed E-state index contributed by atoms with van der Waals surface area (Å²) in [4.78, 5) is 0. The van der Waals surface area contributed by atoms with Gasteiger partial charge in [0.05, 0.1) is 0 Å². The summed E-state index contributed by atoms with van der Waals surface area (Å²) in [6.45, 7) is 2.16. The van der Waals surface area contributed by atoms with Crippen LogP contribution in [0.5, 0.6) is 11.5 Å². The molecule has 9 heteroatoms. The Morgan fingerprint density at radius 2 is 1.68 bits per heavy atom. The fourth-order valence-corrected chi connectivity index (χ4v) is 3.75. The van der Waals surface area contributed by atoms with Crippen molar-refractivity contribution in [1.29, 1.82) is 0 Å². The molecular formula is C22H24F3O4SSm-. The molecule has 2 unspecified atom stereocenters. The molecule has 170 valence electrons. The van der Waals surface area contributed by atoms with Gasteiger partial charge in [0, 0.05) is 46.5 Å². The Labute approximate surface area is 214 Å². The Kier molecular flexibility index (Phi) is 10.5. The summed E-state index contributed by atoms with van der Waals surface area (Å²) < 4.78 is 72.1. The molecule has 2 aromatic carbocycles. The van der Waals surface area contributed by atoms with E-state index in [1.54, 1.807) is 12.1 Å². The summed E-state index contributed by atoms with van der Waals surface area (Å²) in [5, 5.41) is 0. The predicted octanol–water partition coefficient (Wildman–Crippen LogP) is 6.01. The van der Waals surface area contributed by atoms with Crippen molar-refractivity contribution >= 4 is 10.1 Å². The van der Waals surface area contributed by atoms with Gasteiger partial charge >= 0.3 is 15.6 Å². The Morgan fingerprint density at radius 1 is 1.03 bits per heavy atom. The van der Waals surface area contributed by atoms with E-state index in [4.69, 9.17) is 4.74 Å². The van der Waals surface area contributed by atoms with E-state index < -0.39 is 15.6 Å². The van der Waals surface area contributed by atoms with E-state index in [1.807, 2.05) is 49.4 Å². The molecule has 2 atom stereocenters. The van der Waals surface area contributed by atoms with Crippen molar-refractivity contribution in [3.8, 4) is 11.5 Å². The molecule has 0 heterocycles. The van der Waals surface area contributed by atoms with Crippen molar-refractivity contribution in [3.05, 3.63) is 79.2 Å². The van der Waals surface area contributed by atoms with E-state index in [1.165, 1.54) is 6.07 Å². The third-order valence-corrected chi connectivity index (χ3v) is 5.83. The summed E-state index contributed by atoms with van der Waals surface area (Å²) in [5.41, 5.74) is -4.22. The Bertz CT molecular complexity index is 976. The normalized spacial score (nSPS) is 18.5. The third kappa shape index (κ3) is 7.18. The quantitative estimate of drug-likeness (QED) is 0.179. The molecular weight excluding hydrogens is 568 g/mol. The minimum atomic E-state index is -5.79. The van der Waals surface area contributed by atoms with Gasteiger partial charge in [-0.1, -0.05) is 55.5 Å². The van der Waals surface area contributed by atoms with Gasteiger partial charge in [0.1, 0.15) is 18.1 Å². The zero-order valence-electron chi connectivity index (χ0n) is 17.1. The first kappa shape index (κ1) is 27.9. The molecule has 3 rings (SSSR count). The monoisotopic (exact) mass is 593 g/mol. The maximum absolute atomic E-state index is 12.9. The van der Waals surface area contributed by atoms with Crippen molar-refractivity contribution in [2.75, 3.05) is 0 Å². The molecule has 0 bridgehead atoms. The van der Waals surface area contributed by atoms with E-state index in [0.29, 0.717) is 12.0 Å². The number of benzene rings is 2. The summed E-state index contributed by atoms with van der Waals surface area (Å²) >= 11 is 0. The number of alkyl halides is 3. The Hall–Kier alpha value is -1.14. The first-order chi connectivity index (χ1) is 13.7. The average Bonchev–Trinajstić information content (AvgIpc) is 2.67. The van der Waals surface area contributed by atoms with Crippen molar-refractivity contribution in [2.24, 2.45) is 5.92 Å². The summed E-state index contributed by atoms with van der Waals surface area (Å²) in [6, 6.07) is 13.6. The van der Waals surface area contributed by atoms with Crippen LogP contribution in [0.3, 0.4) is 0 Å². The van der Waals surface area contributed by atoms with Gasteiger partial charge in [-0.25, -0.2) is 0 Å². The molecule has 0 spiro atoms. The van der Waals surface area contributed by atoms with Crippen LogP contribution in [0.4, 0.5) is 13.2 Å². The second-order valence-electron chi connectivity index (χ2n) is 6.98. The van der Waals surface area contributed by atoms with Crippen LogP contribution in [0.2, 0.25) is 0 Å². The zero-order valence-corrected chi connectivity index (χ0v) is 20.6. The third-order valence-electron chi connectivity index (χ3n) is 4.87. The fourth-order valence-electron chi connectivity index (χ4n) is 3.27. The second-order valence-corrected chi connectivity index (χ2v) is 8.52. The fraction of sp³-hybridized carbons (Fsp3) is 0.318. The predicted molar refractivity (Wildman–Crippen MR) is 110 cm³/mol. The number of ether oxygens (including phenoxy) is 1. The molecule has 0 aliphatic heterocycles. The van der Waals surface area contributed by atoms with Gasteiger partial charge in [-0.15, -0.1) is 0 Å². The smallest absolute Gasteiger partial charge is 0.489 e. The molecule has 31 heavy (non-hydrogen) atoms. The van der Waals surface area contributed by atoms with Gasteiger partial charge in [-0.2, -0.15) is 21.6 Å². The molecule has 0 saturated carbocycles. The molecule has 0 saturated heterocycles. The molecule has 1 aliphatic carbocycles. The molecule has 4 nitrogen and oxygen atoms in total. The van der Waals surface area contributed by atoms with Crippen LogP contribution in [-0.4, -0.2) is 13.9 Å². The van der Waals surface area contributed by atoms with Gasteiger partial charge in [0.15, 0.2) is 0 Å². The first-order valence-corrected chi connectivity index (χ1v) is 10.5. The van der Waals surface area contributed by atoms with Crippen molar-refractivity contribution in [1.82, 2.24) is 0 Å². The standard InChI is InChI=1S/C21H21F3O4S.CH3.Sm/c1-15-7-5-6-10-18(15)19-12-11-17(27-14-16-8-3-2-4-9-16)13-20(19)28-29(25,26)21(22,23)24;;/h2-6,8-9,11-13,15,18H,7,10,14H2,1H3;1H3;/q;-1;. The number of hydrogen-bond acceptors (Lipinski definition) is 4. The van der Waals surface area contributed by atoms with Gasteiger partial charge in [-0.3, -0.25) is 0 Å². The van der Waals surface area contributed by atoms with Gasteiger partial charge < -0.3 is 16.3 Å². The number of rotatable bonds is 6. The molecule has 2 aromatic rings. The maximum atomic E-state index is 12.9. The summed E-state index contributed by atoms with van der Waals surface area (Å²) in [7, 11) is -5.79.